The fourth-order valence-corrected chi connectivity index (χ4v) is 4.26. The molecule has 1 unspecified atom stereocenters. The highest BCUT2D eigenvalue weighted by Gasteiger charge is 2.18. The third-order valence-electron chi connectivity index (χ3n) is 5.31. The highest BCUT2D eigenvalue weighted by molar-refractivity contribution is 6.76. The molecule has 1 aromatic carbocycles. The minimum atomic E-state index is -1.18. The zero-order chi connectivity index (χ0) is 22.7. The van der Waals surface area contributed by atoms with Gasteiger partial charge in [0, 0.05) is 37.1 Å². The van der Waals surface area contributed by atoms with Crippen LogP contribution in [0.2, 0.25) is 25.7 Å². The SMILES string of the molecule is C[Si](C)(C)CCOn1ccc2c(-c3cnn(C(CC#N)c4cccc(N)c4)c3)ncnc21. The Bertz CT molecular complexity index is 1270. The van der Waals surface area contributed by atoms with Crippen molar-refractivity contribution in [2.45, 2.75) is 38.1 Å². The van der Waals surface area contributed by atoms with Crippen LogP contribution in [0.1, 0.15) is 18.0 Å². The Hall–Kier alpha value is -3.64. The summed E-state index contributed by atoms with van der Waals surface area (Å²) in [6, 6.07) is 12.6. The van der Waals surface area contributed by atoms with Gasteiger partial charge in [0.15, 0.2) is 5.65 Å². The van der Waals surface area contributed by atoms with Crippen molar-refractivity contribution in [3.05, 3.63) is 60.8 Å². The molecular formula is C23H27N7OSi. The molecule has 0 aliphatic carbocycles. The van der Waals surface area contributed by atoms with Crippen molar-refractivity contribution in [1.29, 1.82) is 5.26 Å². The molecule has 32 heavy (non-hydrogen) atoms. The van der Waals surface area contributed by atoms with Gasteiger partial charge in [-0.1, -0.05) is 31.8 Å². The minimum Gasteiger partial charge on any atom is -0.413 e. The first-order valence-corrected chi connectivity index (χ1v) is 14.3. The van der Waals surface area contributed by atoms with E-state index in [0.29, 0.717) is 12.3 Å². The summed E-state index contributed by atoms with van der Waals surface area (Å²) in [4.78, 5) is 14.9. The Labute approximate surface area is 188 Å². The number of nitrogens with zero attached hydrogens (tertiary/aromatic N) is 6. The van der Waals surface area contributed by atoms with Crippen molar-refractivity contribution in [3.63, 3.8) is 0 Å². The molecule has 8 nitrogen and oxygen atoms in total. The van der Waals surface area contributed by atoms with Gasteiger partial charge >= 0.3 is 0 Å². The van der Waals surface area contributed by atoms with E-state index in [2.05, 4.69) is 40.8 Å². The lowest BCUT2D eigenvalue weighted by Crippen LogP contribution is -2.25. The molecule has 0 spiro atoms. The highest BCUT2D eigenvalue weighted by atomic mass is 28.3. The smallest absolute Gasteiger partial charge is 0.179 e. The number of nitriles is 1. The monoisotopic (exact) mass is 445 g/mol. The molecule has 1 atom stereocenters. The lowest BCUT2D eigenvalue weighted by Gasteiger charge is -2.16. The predicted octanol–water partition coefficient (Wildman–Crippen LogP) is 4.15. The summed E-state index contributed by atoms with van der Waals surface area (Å²) in [6.45, 7) is 7.63. The van der Waals surface area contributed by atoms with Crippen LogP contribution in [0.5, 0.6) is 0 Å². The fraction of sp³-hybridized carbons (Fsp3) is 0.304. The number of aromatic nitrogens is 5. The molecule has 4 rings (SSSR count). The molecule has 3 aromatic heterocycles. The Kier molecular flexibility index (Phi) is 5.96. The largest absolute Gasteiger partial charge is 0.413 e. The Balaban J connectivity index is 1.64. The summed E-state index contributed by atoms with van der Waals surface area (Å²) in [7, 11) is -1.18. The number of nitrogen functional groups attached to an aromatic ring is 1. The van der Waals surface area contributed by atoms with Crippen LogP contribution in [0.25, 0.3) is 22.3 Å². The molecule has 0 radical (unpaired) electrons. The van der Waals surface area contributed by atoms with Gasteiger partial charge in [0.1, 0.15) is 12.9 Å². The van der Waals surface area contributed by atoms with Crippen molar-refractivity contribution in [2.75, 3.05) is 12.3 Å². The lowest BCUT2D eigenvalue weighted by atomic mass is 10.0. The van der Waals surface area contributed by atoms with Crippen LogP contribution >= 0.6 is 0 Å². The number of anilines is 1. The van der Waals surface area contributed by atoms with Crippen LogP contribution in [-0.2, 0) is 0 Å². The topological polar surface area (TPSA) is 108 Å². The maximum absolute atomic E-state index is 9.36. The van der Waals surface area contributed by atoms with Gasteiger partial charge in [0.25, 0.3) is 0 Å². The number of nitrogens with two attached hydrogens (primary N) is 1. The lowest BCUT2D eigenvalue weighted by molar-refractivity contribution is 0.130. The van der Waals surface area contributed by atoms with E-state index in [9.17, 15) is 5.26 Å². The first-order valence-electron chi connectivity index (χ1n) is 10.6. The number of benzene rings is 1. The third kappa shape index (κ3) is 4.65. The second-order valence-electron chi connectivity index (χ2n) is 9.00. The van der Waals surface area contributed by atoms with Crippen molar-refractivity contribution in [3.8, 4) is 17.3 Å². The predicted molar refractivity (Wildman–Crippen MR) is 128 cm³/mol. The summed E-state index contributed by atoms with van der Waals surface area (Å²) in [6.07, 6.45) is 7.38. The highest BCUT2D eigenvalue weighted by Crippen LogP contribution is 2.29. The first-order chi connectivity index (χ1) is 15.4. The van der Waals surface area contributed by atoms with Crippen LogP contribution in [0.4, 0.5) is 5.69 Å². The van der Waals surface area contributed by atoms with Crippen LogP contribution in [-0.4, -0.2) is 39.2 Å². The number of hydrogen-bond acceptors (Lipinski definition) is 6. The zero-order valence-electron chi connectivity index (χ0n) is 18.6. The molecule has 0 fully saturated rings. The normalized spacial score (nSPS) is 12.6. The number of rotatable bonds is 8. The summed E-state index contributed by atoms with van der Waals surface area (Å²) >= 11 is 0. The van der Waals surface area contributed by atoms with Crippen molar-refractivity contribution in [1.82, 2.24) is 24.5 Å². The van der Waals surface area contributed by atoms with E-state index < -0.39 is 8.07 Å². The number of hydrogen-bond donors (Lipinski definition) is 1. The van der Waals surface area contributed by atoms with Gasteiger partial charge < -0.3 is 10.6 Å². The molecule has 0 amide bonds. The molecule has 3 heterocycles. The van der Waals surface area contributed by atoms with Gasteiger partial charge in [-0.3, -0.25) is 4.68 Å². The van der Waals surface area contributed by atoms with E-state index >= 15 is 0 Å². The molecule has 9 heteroatoms. The van der Waals surface area contributed by atoms with E-state index in [-0.39, 0.29) is 12.5 Å². The summed E-state index contributed by atoms with van der Waals surface area (Å²) in [5.41, 5.74) is 9.90. The minimum absolute atomic E-state index is 0.232. The van der Waals surface area contributed by atoms with E-state index in [0.717, 1.165) is 33.9 Å². The maximum atomic E-state index is 9.36. The van der Waals surface area contributed by atoms with Gasteiger partial charge in [0.2, 0.25) is 0 Å². The molecule has 0 saturated carbocycles. The summed E-state index contributed by atoms with van der Waals surface area (Å²) < 4.78 is 3.51. The quantitative estimate of drug-likeness (QED) is 0.322. The van der Waals surface area contributed by atoms with Gasteiger partial charge in [0.05, 0.1) is 30.4 Å². The Morgan fingerprint density at radius 3 is 2.81 bits per heavy atom. The van der Waals surface area contributed by atoms with E-state index in [4.69, 9.17) is 10.6 Å². The van der Waals surface area contributed by atoms with Crippen molar-refractivity contribution in [2.24, 2.45) is 0 Å². The van der Waals surface area contributed by atoms with Gasteiger partial charge in [-0.25, -0.2) is 9.97 Å². The second-order valence-corrected chi connectivity index (χ2v) is 14.6. The Morgan fingerprint density at radius 1 is 1.22 bits per heavy atom. The van der Waals surface area contributed by atoms with Gasteiger partial charge in [-0.05, 0) is 29.8 Å². The maximum Gasteiger partial charge on any atom is 0.179 e. The van der Waals surface area contributed by atoms with Gasteiger partial charge in [-0.15, -0.1) is 0 Å². The molecule has 164 valence electrons. The van der Waals surface area contributed by atoms with Crippen LogP contribution in [0.15, 0.2) is 55.2 Å². The zero-order valence-corrected chi connectivity index (χ0v) is 19.6. The molecule has 4 aromatic rings. The first kappa shape index (κ1) is 21.6. The summed E-state index contributed by atoms with van der Waals surface area (Å²) in [5, 5.41) is 14.8. The van der Waals surface area contributed by atoms with Crippen LogP contribution < -0.4 is 10.6 Å². The van der Waals surface area contributed by atoms with Crippen LogP contribution in [0.3, 0.4) is 0 Å². The van der Waals surface area contributed by atoms with Crippen LogP contribution in [0, 0.1) is 11.3 Å². The van der Waals surface area contributed by atoms with Gasteiger partial charge in [-0.2, -0.15) is 15.1 Å². The molecule has 0 aliphatic heterocycles. The molecule has 0 bridgehead atoms. The summed E-state index contributed by atoms with van der Waals surface area (Å²) in [5.74, 6) is 0. The molecule has 0 saturated heterocycles. The Morgan fingerprint density at radius 2 is 2.06 bits per heavy atom. The molecule has 0 aliphatic rings. The standard InChI is InChI=1S/C23H27N7OSi/c1-32(2,3)12-11-31-30-10-8-20-22(26-16-27-23(20)30)18-14-28-29(15-18)21(7-9-24)17-5-4-6-19(25)13-17/h4-6,8,10,13-16,21H,7,11-12,25H2,1-3H3. The van der Waals surface area contributed by atoms with E-state index in [1.807, 2.05) is 42.7 Å². The molecular weight excluding hydrogens is 418 g/mol. The van der Waals surface area contributed by atoms with Crippen molar-refractivity contribution < 1.29 is 4.84 Å². The third-order valence-corrected chi connectivity index (χ3v) is 7.01. The molecule has 2 N–H and O–H groups in total. The average Bonchev–Trinajstić information content (AvgIpc) is 3.39. The fourth-order valence-electron chi connectivity index (χ4n) is 3.56. The van der Waals surface area contributed by atoms with Crippen molar-refractivity contribution >= 4 is 24.8 Å². The number of fused-ring (bicyclic) bond motifs is 1. The average molecular weight is 446 g/mol. The van der Waals surface area contributed by atoms with E-state index in [1.165, 1.54) is 6.33 Å². The van der Waals surface area contributed by atoms with E-state index in [1.54, 1.807) is 15.6 Å². The second kappa shape index (κ2) is 8.84.